The van der Waals surface area contributed by atoms with E-state index in [0.29, 0.717) is 0 Å². The van der Waals surface area contributed by atoms with Gasteiger partial charge in [-0.2, -0.15) is 5.10 Å². The summed E-state index contributed by atoms with van der Waals surface area (Å²) in [5.74, 6) is -1.02. The molecule has 0 radical (unpaired) electrons. The number of amidine groups is 1. The molecule has 2 heterocycles. The molecule has 0 spiro atoms. The van der Waals surface area contributed by atoms with E-state index < -0.39 is 30.2 Å². The van der Waals surface area contributed by atoms with Gasteiger partial charge in [0.2, 0.25) is 0 Å². The van der Waals surface area contributed by atoms with Gasteiger partial charge in [-0.15, -0.1) is 5.10 Å². The van der Waals surface area contributed by atoms with Crippen LogP contribution in [0, 0.1) is 0 Å². The van der Waals surface area contributed by atoms with Gasteiger partial charge in [0, 0.05) is 6.08 Å². The predicted octanol–water partition coefficient (Wildman–Crippen LogP) is 3.26. The number of methoxy groups -OCH3 is 1. The summed E-state index contributed by atoms with van der Waals surface area (Å²) >= 11 is 1.02. The number of ether oxygens (including phenoxy) is 1. The third-order valence-corrected chi connectivity index (χ3v) is 7.01. The molecule has 2 aromatic rings. The number of hydrogen-bond acceptors (Lipinski definition) is 8. The van der Waals surface area contributed by atoms with Crippen molar-refractivity contribution in [2.75, 3.05) is 7.11 Å². The Balaban J connectivity index is 1.43. The maximum Gasteiger partial charge on any atom is 0.494 e. The highest BCUT2D eigenvalue weighted by molar-refractivity contribution is 8.18. The number of amides is 1. The largest absolute Gasteiger partial charge is 0.494 e. The summed E-state index contributed by atoms with van der Waals surface area (Å²) < 4.78 is 16.9. The minimum Gasteiger partial charge on any atom is -0.466 e. The van der Waals surface area contributed by atoms with E-state index in [1.54, 1.807) is 6.21 Å². The molecular weight excluding hydrogens is 465 g/mol. The van der Waals surface area contributed by atoms with Crippen molar-refractivity contribution in [1.82, 2.24) is 5.32 Å². The van der Waals surface area contributed by atoms with Gasteiger partial charge >= 0.3 is 13.1 Å². The molecular formula is C25H26BN3O5S. The fourth-order valence-corrected chi connectivity index (χ4v) is 4.13. The second-order valence-corrected chi connectivity index (χ2v) is 10.1. The van der Waals surface area contributed by atoms with Crippen LogP contribution in [0.2, 0.25) is 0 Å². The smallest absolute Gasteiger partial charge is 0.466 e. The Morgan fingerprint density at radius 3 is 2.40 bits per heavy atom. The summed E-state index contributed by atoms with van der Waals surface area (Å²) in [4.78, 5) is 23.4. The molecule has 2 fully saturated rings. The lowest BCUT2D eigenvalue weighted by atomic mass is 9.78. The first kappa shape index (κ1) is 24.9. The predicted molar refractivity (Wildman–Crippen MR) is 138 cm³/mol. The van der Waals surface area contributed by atoms with E-state index in [1.807, 2.05) is 70.2 Å². The standard InChI is InChI=1S/C25H26BN3O5S/c1-24(2)25(3,4)34-26(33-24)19-8-6-7-18(13-19)17-11-9-16(10-12-17)15-27-29-23-28-22(31)20(35-23)14-21(30)32-5/h6-15H,1-5H3,(H,28,29,31)/b20-14+,27-15?. The van der Waals surface area contributed by atoms with Gasteiger partial charge in [0.25, 0.3) is 5.91 Å². The third-order valence-electron chi connectivity index (χ3n) is 6.11. The highest BCUT2D eigenvalue weighted by Gasteiger charge is 2.51. The molecule has 35 heavy (non-hydrogen) atoms. The lowest BCUT2D eigenvalue weighted by Crippen LogP contribution is -2.41. The molecule has 0 bridgehead atoms. The van der Waals surface area contributed by atoms with E-state index in [4.69, 9.17) is 9.31 Å². The minimum absolute atomic E-state index is 0.206. The molecule has 0 atom stereocenters. The summed E-state index contributed by atoms with van der Waals surface area (Å²) in [6.45, 7) is 8.16. The Bertz CT molecular complexity index is 1220. The molecule has 2 saturated heterocycles. The number of rotatable bonds is 5. The molecule has 0 saturated carbocycles. The zero-order valence-electron chi connectivity index (χ0n) is 20.2. The van der Waals surface area contributed by atoms with Crippen LogP contribution in [-0.2, 0) is 23.6 Å². The molecule has 2 aromatic carbocycles. The number of nitrogens with one attached hydrogen (secondary N) is 1. The maximum absolute atomic E-state index is 11.9. The molecule has 2 aliphatic heterocycles. The first-order valence-corrected chi connectivity index (χ1v) is 11.9. The SMILES string of the molecule is COC(=O)/C=C1/S/C(=N\N=Cc2ccc(-c3cccc(B4OC(C)(C)C(C)(C)O4)c3)cc2)NC1=O. The van der Waals surface area contributed by atoms with Crippen molar-refractivity contribution in [3.8, 4) is 11.1 Å². The van der Waals surface area contributed by atoms with Crippen LogP contribution in [0.15, 0.2) is 69.7 Å². The van der Waals surface area contributed by atoms with E-state index in [0.717, 1.165) is 40.0 Å². The molecule has 1 amide bonds. The van der Waals surface area contributed by atoms with Crippen molar-refractivity contribution in [3.05, 3.63) is 65.1 Å². The second-order valence-electron chi connectivity index (χ2n) is 9.07. The third kappa shape index (κ3) is 5.56. The Labute approximate surface area is 209 Å². The van der Waals surface area contributed by atoms with Gasteiger partial charge in [0.05, 0.1) is 29.4 Å². The quantitative estimate of drug-likeness (QED) is 0.227. The minimum atomic E-state index is -0.603. The summed E-state index contributed by atoms with van der Waals surface area (Å²) in [5, 5.41) is 10.9. The highest BCUT2D eigenvalue weighted by Crippen LogP contribution is 2.36. The van der Waals surface area contributed by atoms with Crippen LogP contribution >= 0.6 is 11.8 Å². The van der Waals surface area contributed by atoms with Crippen molar-refractivity contribution in [1.29, 1.82) is 0 Å². The van der Waals surface area contributed by atoms with Crippen molar-refractivity contribution in [2.24, 2.45) is 10.2 Å². The van der Waals surface area contributed by atoms with Gasteiger partial charge in [-0.1, -0.05) is 48.5 Å². The van der Waals surface area contributed by atoms with Crippen molar-refractivity contribution in [3.63, 3.8) is 0 Å². The molecule has 180 valence electrons. The highest BCUT2D eigenvalue weighted by atomic mass is 32.2. The average molecular weight is 491 g/mol. The zero-order chi connectivity index (χ0) is 25.2. The first-order valence-electron chi connectivity index (χ1n) is 11.0. The van der Waals surface area contributed by atoms with Gasteiger partial charge < -0.3 is 14.0 Å². The fraction of sp³-hybridized carbons (Fsp3) is 0.280. The lowest BCUT2D eigenvalue weighted by Gasteiger charge is -2.32. The summed E-state index contributed by atoms with van der Waals surface area (Å²) in [6, 6.07) is 16.0. The molecule has 0 aromatic heterocycles. The summed E-state index contributed by atoms with van der Waals surface area (Å²) in [5.41, 5.74) is 3.13. The van der Waals surface area contributed by atoms with E-state index in [9.17, 15) is 9.59 Å². The summed E-state index contributed by atoms with van der Waals surface area (Å²) in [6.07, 6.45) is 2.71. The van der Waals surface area contributed by atoms with E-state index >= 15 is 0 Å². The Kier molecular flexibility index (Phi) is 6.98. The monoisotopic (exact) mass is 491 g/mol. The average Bonchev–Trinajstić information content (AvgIpc) is 3.28. The number of carbonyl (C=O) groups is 2. The molecule has 10 heteroatoms. The molecule has 0 unspecified atom stereocenters. The van der Waals surface area contributed by atoms with Gasteiger partial charge in [-0.25, -0.2) is 4.79 Å². The van der Waals surface area contributed by atoms with Crippen LogP contribution in [0.3, 0.4) is 0 Å². The lowest BCUT2D eigenvalue weighted by molar-refractivity contribution is -0.135. The van der Waals surface area contributed by atoms with Gasteiger partial charge in [0.1, 0.15) is 0 Å². The fourth-order valence-electron chi connectivity index (χ4n) is 3.39. The summed E-state index contributed by atoms with van der Waals surface area (Å²) in [7, 11) is 0.833. The number of thioether (sulfide) groups is 1. The Morgan fingerprint density at radius 2 is 1.74 bits per heavy atom. The van der Waals surface area contributed by atoms with Gasteiger partial charge in [-0.05, 0) is 61.6 Å². The van der Waals surface area contributed by atoms with Crippen LogP contribution in [0.25, 0.3) is 11.1 Å². The Morgan fingerprint density at radius 1 is 1.06 bits per heavy atom. The maximum atomic E-state index is 11.9. The van der Waals surface area contributed by atoms with Gasteiger partial charge in [-0.3, -0.25) is 10.1 Å². The number of esters is 1. The van der Waals surface area contributed by atoms with Crippen molar-refractivity contribution in [2.45, 2.75) is 38.9 Å². The van der Waals surface area contributed by atoms with E-state index in [1.165, 1.54) is 7.11 Å². The first-order chi connectivity index (χ1) is 16.6. The van der Waals surface area contributed by atoms with Crippen LogP contribution in [0.5, 0.6) is 0 Å². The van der Waals surface area contributed by atoms with Crippen LogP contribution in [0.4, 0.5) is 0 Å². The molecule has 8 nitrogen and oxygen atoms in total. The van der Waals surface area contributed by atoms with E-state index in [2.05, 4.69) is 26.3 Å². The normalized spacial score (nSPS) is 21.2. The zero-order valence-corrected chi connectivity index (χ0v) is 21.0. The number of nitrogens with zero attached hydrogens (tertiary/aromatic N) is 2. The topological polar surface area (TPSA) is 98.6 Å². The molecule has 4 rings (SSSR count). The number of hydrogen-bond donors (Lipinski definition) is 1. The van der Waals surface area contributed by atoms with Crippen LogP contribution in [0.1, 0.15) is 33.3 Å². The molecule has 2 aliphatic rings. The van der Waals surface area contributed by atoms with Crippen LogP contribution < -0.4 is 10.8 Å². The molecule has 0 aliphatic carbocycles. The second kappa shape index (κ2) is 9.81. The van der Waals surface area contributed by atoms with Gasteiger partial charge in [0.15, 0.2) is 5.17 Å². The number of carbonyl (C=O) groups excluding carboxylic acids is 2. The molecule has 1 N–H and O–H groups in total. The Hall–Kier alpha value is -3.21. The van der Waals surface area contributed by atoms with Crippen molar-refractivity contribution >= 4 is 47.6 Å². The van der Waals surface area contributed by atoms with Crippen molar-refractivity contribution < 1.29 is 23.6 Å². The van der Waals surface area contributed by atoms with Crippen LogP contribution in [-0.4, -0.2) is 48.7 Å². The van der Waals surface area contributed by atoms with E-state index in [-0.39, 0.29) is 10.1 Å². The number of benzene rings is 2.